The molecule has 0 saturated carbocycles. The molecule has 8 nitrogen and oxygen atoms in total. The van der Waals surface area contributed by atoms with E-state index in [1.165, 1.54) is 23.5 Å². The van der Waals surface area contributed by atoms with E-state index in [1.54, 1.807) is 7.05 Å². The number of rotatable bonds is 7. The molecule has 0 aliphatic carbocycles. The highest BCUT2D eigenvalue weighted by molar-refractivity contribution is 7.89. The fourth-order valence-corrected chi connectivity index (χ4v) is 3.05. The summed E-state index contributed by atoms with van der Waals surface area (Å²) in [7, 11) is 2.91. The Bertz CT molecular complexity index is 616. The van der Waals surface area contributed by atoms with Gasteiger partial charge in [0.05, 0.1) is 10.6 Å². The summed E-state index contributed by atoms with van der Waals surface area (Å²) in [6.07, 6.45) is 0. The van der Waals surface area contributed by atoms with Gasteiger partial charge in [-0.25, -0.2) is 8.42 Å². The van der Waals surface area contributed by atoms with Gasteiger partial charge in [0.2, 0.25) is 10.0 Å². The molecule has 0 radical (unpaired) electrons. The normalized spacial score (nSPS) is 11.9. The van der Waals surface area contributed by atoms with Crippen LogP contribution in [0.3, 0.4) is 0 Å². The summed E-state index contributed by atoms with van der Waals surface area (Å²) in [5.74, 6) is 0. The van der Waals surface area contributed by atoms with Crippen LogP contribution in [0.1, 0.15) is 0 Å². The number of hydrogen-bond acceptors (Lipinski definition) is 6. The highest BCUT2D eigenvalue weighted by Crippen LogP contribution is 2.28. The maximum atomic E-state index is 12.5. The van der Waals surface area contributed by atoms with Crippen molar-refractivity contribution in [3.05, 3.63) is 28.3 Å². The van der Waals surface area contributed by atoms with E-state index >= 15 is 0 Å². The molecule has 1 aromatic carbocycles. The fourth-order valence-electron chi connectivity index (χ4n) is 1.67. The Morgan fingerprint density at radius 1 is 1.24 bits per heavy atom. The Hall–Kier alpha value is -1.71. The quantitative estimate of drug-likeness (QED) is 0.591. The van der Waals surface area contributed by atoms with Gasteiger partial charge in [0.1, 0.15) is 4.90 Å². The maximum Gasteiger partial charge on any atom is 0.270 e. The van der Waals surface area contributed by atoms with Crippen molar-refractivity contribution in [2.45, 2.75) is 4.90 Å². The summed E-state index contributed by atoms with van der Waals surface area (Å²) in [5.41, 5.74) is 0.0749. The molecule has 0 atom stereocenters. The Labute approximate surface area is 124 Å². The molecule has 0 bridgehead atoms. The third-order valence-corrected chi connectivity index (χ3v) is 4.89. The minimum absolute atomic E-state index is 0.0968. The first kappa shape index (κ1) is 17.3. The number of benzene rings is 1. The highest BCUT2D eigenvalue weighted by atomic mass is 32.2. The second-order valence-corrected chi connectivity index (χ2v) is 6.83. The van der Waals surface area contributed by atoms with Gasteiger partial charge in [0, 0.05) is 39.3 Å². The zero-order valence-corrected chi connectivity index (χ0v) is 13.3. The van der Waals surface area contributed by atoms with E-state index in [2.05, 4.69) is 5.32 Å². The number of nitro groups is 1. The largest absolute Gasteiger partial charge is 0.387 e. The predicted molar refractivity (Wildman–Crippen MR) is 81.0 cm³/mol. The first-order valence-electron chi connectivity index (χ1n) is 6.27. The van der Waals surface area contributed by atoms with E-state index in [4.69, 9.17) is 0 Å². The molecule has 0 aliphatic heterocycles. The van der Waals surface area contributed by atoms with Crippen LogP contribution in [0.4, 0.5) is 11.4 Å². The van der Waals surface area contributed by atoms with Gasteiger partial charge in [-0.3, -0.25) is 10.1 Å². The molecule has 0 fully saturated rings. The number of nitro benzene ring substituents is 1. The molecule has 0 heterocycles. The Morgan fingerprint density at radius 3 is 2.33 bits per heavy atom. The molecule has 9 heteroatoms. The van der Waals surface area contributed by atoms with Crippen molar-refractivity contribution in [3.63, 3.8) is 0 Å². The molecule has 21 heavy (non-hydrogen) atoms. The topological polar surface area (TPSA) is 95.8 Å². The van der Waals surface area contributed by atoms with Gasteiger partial charge in [0.15, 0.2) is 0 Å². The summed E-state index contributed by atoms with van der Waals surface area (Å²) in [6.45, 7) is 0.848. The van der Waals surface area contributed by atoms with Crippen molar-refractivity contribution >= 4 is 21.4 Å². The molecule has 0 aliphatic rings. The van der Waals surface area contributed by atoms with Crippen LogP contribution >= 0.6 is 0 Å². The lowest BCUT2D eigenvalue weighted by atomic mass is 10.3. The van der Waals surface area contributed by atoms with Crippen LogP contribution in [0, 0.1) is 10.1 Å². The molecule has 1 aromatic rings. The lowest BCUT2D eigenvalue weighted by molar-refractivity contribution is -0.385. The summed E-state index contributed by atoms with van der Waals surface area (Å²) < 4.78 is 26.3. The molecule has 0 saturated heterocycles. The smallest absolute Gasteiger partial charge is 0.270 e. The molecular formula is C12H20N4O4S. The number of anilines is 1. The van der Waals surface area contributed by atoms with Crippen LogP contribution in [-0.2, 0) is 10.0 Å². The molecule has 0 amide bonds. The fraction of sp³-hybridized carbons (Fsp3) is 0.500. The minimum Gasteiger partial charge on any atom is -0.387 e. The molecule has 0 spiro atoms. The SMILES string of the molecule is CNc1ccc([N+](=O)[O-])cc1S(=O)(=O)N(C)CCN(C)C. The van der Waals surface area contributed by atoms with Gasteiger partial charge in [-0.15, -0.1) is 0 Å². The van der Waals surface area contributed by atoms with Crippen LogP contribution in [0.2, 0.25) is 0 Å². The van der Waals surface area contributed by atoms with Crippen molar-refractivity contribution in [1.29, 1.82) is 0 Å². The first-order valence-corrected chi connectivity index (χ1v) is 7.71. The summed E-state index contributed by atoms with van der Waals surface area (Å²) in [6, 6.07) is 3.74. The lowest BCUT2D eigenvalue weighted by Gasteiger charge is -2.20. The van der Waals surface area contributed by atoms with Gasteiger partial charge in [-0.05, 0) is 20.2 Å². The van der Waals surface area contributed by atoms with Crippen LogP contribution in [0.15, 0.2) is 23.1 Å². The summed E-state index contributed by atoms with van der Waals surface area (Å²) >= 11 is 0. The monoisotopic (exact) mass is 316 g/mol. The van der Waals surface area contributed by atoms with Gasteiger partial charge in [0.25, 0.3) is 5.69 Å². The third-order valence-electron chi connectivity index (χ3n) is 3.00. The maximum absolute atomic E-state index is 12.5. The average Bonchev–Trinajstić information content (AvgIpc) is 2.43. The Morgan fingerprint density at radius 2 is 1.86 bits per heavy atom. The minimum atomic E-state index is -3.79. The standard InChI is InChI=1S/C12H20N4O4S/c1-13-11-6-5-10(16(17)18)9-12(11)21(19,20)15(4)8-7-14(2)3/h5-6,9,13H,7-8H2,1-4H3. The number of hydrogen-bond donors (Lipinski definition) is 1. The van der Waals surface area contributed by atoms with Crippen LogP contribution in [0.5, 0.6) is 0 Å². The molecular weight excluding hydrogens is 296 g/mol. The zero-order valence-electron chi connectivity index (χ0n) is 12.5. The third kappa shape index (κ3) is 4.13. The number of non-ortho nitro benzene ring substituents is 1. The van der Waals surface area contributed by atoms with E-state index in [9.17, 15) is 18.5 Å². The number of sulfonamides is 1. The van der Waals surface area contributed by atoms with E-state index < -0.39 is 14.9 Å². The number of nitrogens with zero attached hydrogens (tertiary/aromatic N) is 3. The van der Waals surface area contributed by atoms with E-state index in [1.807, 2.05) is 19.0 Å². The van der Waals surface area contributed by atoms with Crippen LogP contribution in [-0.4, -0.2) is 63.8 Å². The average molecular weight is 316 g/mol. The lowest BCUT2D eigenvalue weighted by Crippen LogP contribution is -2.33. The summed E-state index contributed by atoms with van der Waals surface area (Å²) in [4.78, 5) is 12.0. The van der Waals surface area contributed by atoms with E-state index in [-0.39, 0.29) is 10.6 Å². The highest BCUT2D eigenvalue weighted by Gasteiger charge is 2.26. The number of likely N-dealkylation sites (N-methyl/N-ethyl adjacent to an activating group) is 2. The van der Waals surface area contributed by atoms with Gasteiger partial charge in [-0.2, -0.15) is 4.31 Å². The van der Waals surface area contributed by atoms with Gasteiger partial charge >= 0.3 is 0 Å². The van der Waals surface area contributed by atoms with Crippen molar-refractivity contribution in [2.75, 3.05) is 46.6 Å². The second-order valence-electron chi connectivity index (χ2n) is 4.82. The van der Waals surface area contributed by atoms with Crippen molar-refractivity contribution in [3.8, 4) is 0 Å². The van der Waals surface area contributed by atoms with Crippen molar-refractivity contribution in [1.82, 2.24) is 9.21 Å². The summed E-state index contributed by atoms with van der Waals surface area (Å²) in [5, 5.41) is 13.6. The van der Waals surface area contributed by atoms with E-state index in [0.29, 0.717) is 18.8 Å². The zero-order chi connectivity index (χ0) is 16.2. The van der Waals surface area contributed by atoms with Crippen molar-refractivity contribution in [2.24, 2.45) is 0 Å². The molecule has 1 N–H and O–H groups in total. The molecule has 0 unspecified atom stereocenters. The van der Waals surface area contributed by atoms with E-state index in [0.717, 1.165) is 6.07 Å². The number of nitrogens with one attached hydrogen (secondary N) is 1. The predicted octanol–water partition coefficient (Wildman–Crippen LogP) is 0.819. The van der Waals surface area contributed by atoms with Crippen LogP contribution < -0.4 is 5.32 Å². The van der Waals surface area contributed by atoms with Gasteiger partial charge < -0.3 is 10.2 Å². The second kappa shape index (κ2) is 6.83. The molecule has 118 valence electrons. The van der Waals surface area contributed by atoms with Crippen molar-refractivity contribution < 1.29 is 13.3 Å². The van der Waals surface area contributed by atoms with Gasteiger partial charge in [-0.1, -0.05) is 0 Å². The first-order chi connectivity index (χ1) is 9.70. The Kier molecular flexibility index (Phi) is 5.64. The van der Waals surface area contributed by atoms with Crippen LogP contribution in [0.25, 0.3) is 0 Å². The molecule has 0 aromatic heterocycles. The Balaban J connectivity index is 3.22. The molecule has 1 rings (SSSR count).